The fourth-order valence-electron chi connectivity index (χ4n) is 4.35. The molecule has 2 aliphatic heterocycles. The Labute approximate surface area is 170 Å². The van der Waals surface area contributed by atoms with E-state index >= 15 is 0 Å². The van der Waals surface area contributed by atoms with Crippen LogP contribution >= 0.6 is 0 Å². The molecule has 2 heterocycles. The summed E-state index contributed by atoms with van der Waals surface area (Å²) in [6, 6.07) is 8.91. The summed E-state index contributed by atoms with van der Waals surface area (Å²) in [7, 11) is 4.37. The van der Waals surface area contributed by atoms with Crippen LogP contribution in [0.1, 0.15) is 29.2 Å². The molecule has 1 N–H and O–H groups in total. The number of nitrogens with zero attached hydrogens (tertiary/aromatic N) is 1. The molecule has 0 bridgehead atoms. The molecule has 0 aromatic heterocycles. The first-order chi connectivity index (χ1) is 13.9. The van der Waals surface area contributed by atoms with Gasteiger partial charge >= 0.3 is 0 Å². The molecule has 0 radical (unpaired) electrons. The highest BCUT2D eigenvalue weighted by atomic mass is 19.1. The topological polar surface area (TPSA) is 51.5 Å². The first-order valence-corrected chi connectivity index (χ1v) is 9.74. The van der Waals surface area contributed by atoms with E-state index in [1.54, 1.807) is 12.1 Å². The van der Waals surface area contributed by atoms with Crippen molar-refractivity contribution in [3.05, 3.63) is 65.0 Å². The highest BCUT2D eigenvalue weighted by molar-refractivity contribution is 5.65. The fourth-order valence-corrected chi connectivity index (χ4v) is 4.35. The second-order valence-corrected chi connectivity index (χ2v) is 8.24. The van der Waals surface area contributed by atoms with Gasteiger partial charge in [-0.3, -0.25) is 5.41 Å². The molecule has 0 fully saturated rings. The van der Waals surface area contributed by atoms with Crippen molar-refractivity contribution in [3.63, 3.8) is 0 Å². The molecular formula is C23H26FN2O3+. The predicted octanol–water partition coefficient (Wildman–Crippen LogP) is 4.40. The SMILES string of the molecule is C=C(Cc1ccccc1F)CC1c2c(cc3c(c2OC=N)OCO3)CC[N+]1(C)C. The average molecular weight is 397 g/mol. The van der Waals surface area contributed by atoms with Gasteiger partial charge in [-0.2, -0.15) is 0 Å². The number of hydrogen-bond acceptors (Lipinski definition) is 4. The maximum atomic E-state index is 14.1. The maximum Gasteiger partial charge on any atom is 0.231 e. The number of benzene rings is 2. The van der Waals surface area contributed by atoms with E-state index in [1.165, 1.54) is 6.07 Å². The molecule has 0 spiro atoms. The summed E-state index contributed by atoms with van der Waals surface area (Å²) in [5.41, 5.74) is 3.79. The van der Waals surface area contributed by atoms with Gasteiger partial charge in [0.25, 0.3) is 0 Å². The highest BCUT2D eigenvalue weighted by Crippen LogP contribution is 2.51. The molecule has 0 amide bonds. The zero-order chi connectivity index (χ0) is 20.6. The number of halogens is 1. The van der Waals surface area contributed by atoms with Crippen molar-refractivity contribution < 1.29 is 23.1 Å². The van der Waals surface area contributed by atoms with Crippen molar-refractivity contribution in [1.82, 2.24) is 0 Å². The second-order valence-electron chi connectivity index (χ2n) is 8.24. The normalized spacial score (nSPS) is 18.8. The van der Waals surface area contributed by atoms with Crippen LogP contribution in [0.4, 0.5) is 4.39 Å². The third-order valence-electron chi connectivity index (χ3n) is 5.94. The summed E-state index contributed by atoms with van der Waals surface area (Å²) in [5, 5.41) is 7.49. The quantitative estimate of drug-likeness (QED) is 0.340. The van der Waals surface area contributed by atoms with Gasteiger partial charge in [-0.05, 0) is 29.7 Å². The van der Waals surface area contributed by atoms with E-state index in [4.69, 9.17) is 19.6 Å². The summed E-state index contributed by atoms with van der Waals surface area (Å²) >= 11 is 0. The maximum absolute atomic E-state index is 14.1. The molecule has 4 rings (SSSR count). The lowest BCUT2D eigenvalue weighted by Gasteiger charge is -2.43. The lowest BCUT2D eigenvalue weighted by atomic mass is 9.85. The lowest BCUT2D eigenvalue weighted by Crippen LogP contribution is -2.48. The molecule has 1 atom stereocenters. The highest BCUT2D eigenvalue weighted by Gasteiger charge is 2.41. The van der Waals surface area contributed by atoms with E-state index in [2.05, 4.69) is 20.7 Å². The molecule has 152 valence electrons. The number of nitrogens with one attached hydrogen (secondary N) is 1. The third kappa shape index (κ3) is 3.60. The minimum Gasteiger partial charge on any atom is -0.453 e. The minimum atomic E-state index is -0.206. The van der Waals surface area contributed by atoms with Crippen LogP contribution in [0.2, 0.25) is 0 Å². The van der Waals surface area contributed by atoms with Crippen molar-refractivity contribution in [3.8, 4) is 17.2 Å². The summed E-state index contributed by atoms with van der Waals surface area (Å²) < 4.78 is 31.7. The zero-order valence-electron chi connectivity index (χ0n) is 16.8. The van der Waals surface area contributed by atoms with Gasteiger partial charge < -0.3 is 18.7 Å². The van der Waals surface area contributed by atoms with Crippen molar-refractivity contribution in [2.75, 3.05) is 27.4 Å². The van der Waals surface area contributed by atoms with Crippen molar-refractivity contribution in [1.29, 1.82) is 5.41 Å². The average Bonchev–Trinajstić information content (AvgIpc) is 3.14. The number of quaternary nitrogens is 1. The molecule has 2 aliphatic rings. The van der Waals surface area contributed by atoms with Crippen LogP contribution in [0, 0.1) is 11.2 Å². The monoisotopic (exact) mass is 397 g/mol. The zero-order valence-corrected chi connectivity index (χ0v) is 16.8. The third-order valence-corrected chi connectivity index (χ3v) is 5.94. The molecule has 0 aliphatic carbocycles. The van der Waals surface area contributed by atoms with E-state index in [1.807, 2.05) is 12.1 Å². The van der Waals surface area contributed by atoms with Gasteiger partial charge in [0.2, 0.25) is 12.5 Å². The Hall–Kier alpha value is -2.86. The van der Waals surface area contributed by atoms with E-state index in [0.29, 0.717) is 35.7 Å². The van der Waals surface area contributed by atoms with Crippen LogP contribution in [0.25, 0.3) is 0 Å². The van der Waals surface area contributed by atoms with Crippen LogP contribution < -0.4 is 14.2 Å². The number of ether oxygens (including phenoxy) is 3. The Morgan fingerprint density at radius 3 is 2.90 bits per heavy atom. The van der Waals surface area contributed by atoms with Gasteiger partial charge in [0, 0.05) is 12.8 Å². The van der Waals surface area contributed by atoms with Gasteiger partial charge in [0.1, 0.15) is 11.9 Å². The van der Waals surface area contributed by atoms with Gasteiger partial charge in [-0.25, -0.2) is 4.39 Å². The number of fused-ring (bicyclic) bond motifs is 2. The molecule has 6 heteroatoms. The van der Waals surface area contributed by atoms with Crippen molar-refractivity contribution >= 4 is 6.40 Å². The number of likely N-dealkylation sites (N-methyl/N-ethyl adjacent to an activating group) is 1. The van der Waals surface area contributed by atoms with Crippen molar-refractivity contribution in [2.45, 2.75) is 25.3 Å². The molecular weight excluding hydrogens is 371 g/mol. The van der Waals surface area contributed by atoms with Crippen LogP contribution in [-0.2, 0) is 12.8 Å². The van der Waals surface area contributed by atoms with E-state index in [-0.39, 0.29) is 18.7 Å². The van der Waals surface area contributed by atoms with E-state index in [0.717, 1.165) is 40.5 Å². The van der Waals surface area contributed by atoms with E-state index in [9.17, 15) is 4.39 Å². The molecule has 2 aromatic rings. The number of hydrogen-bond donors (Lipinski definition) is 1. The molecule has 0 saturated carbocycles. The first-order valence-electron chi connectivity index (χ1n) is 9.74. The molecule has 2 aromatic carbocycles. The summed E-state index contributed by atoms with van der Waals surface area (Å²) in [6.45, 7) is 5.35. The Morgan fingerprint density at radius 2 is 2.14 bits per heavy atom. The van der Waals surface area contributed by atoms with Gasteiger partial charge in [-0.15, -0.1) is 0 Å². The fraction of sp³-hybridized carbons (Fsp3) is 0.348. The summed E-state index contributed by atoms with van der Waals surface area (Å²) in [4.78, 5) is 0. The molecule has 29 heavy (non-hydrogen) atoms. The standard InChI is InChI=1S/C23H26FN2O3/c1-15(10-16-6-4-5-7-18(16)24)11-19-21-17(8-9-26(19,2)3)12-20-22(29-14-28-20)23(21)27-13-25/h4-7,12-13,19,25H,1,8-11,14H2,2-3H3/q+1. The lowest BCUT2D eigenvalue weighted by molar-refractivity contribution is -0.923. The van der Waals surface area contributed by atoms with Gasteiger partial charge in [-0.1, -0.05) is 30.4 Å². The Kier molecular flexibility index (Phi) is 5.04. The molecule has 5 nitrogen and oxygen atoms in total. The van der Waals surface area contributed by atoms with Gasteiger partial charge in [0.15, 0.2) is 17.9 Å². The van der Waals surface area contributed by atoms with Crippen LogP contribution in [0.5, 0.6) is 17.2 Å². The first kappa shape index (κ1) is 19.5. The second kappa shape index (κ2) is 7.52. The predicted molar refractivity (Wildman–Crippen MR) is 109 cm³/mol. The summed E-state index contributed by atoms with van der Waals surface area (Å²) in [6.07, 6.45) is 2.98. The van der Waals surface area contributed by atoms with Crippen LogP contribution in [-0.4, -0.2) is 38.3 Å². The van der Waals surface area contributed by atoms with Crippen molar-refractivity contribution in [2.24, 2.45) is 0 Å². The Morgan fingerprint density at radius 1 is 1.34 bits per heavy atom. The van der Waals surface area contributed by atoms with Crippen LogP contribution in [0.3, 0.4) is 0 Å². The summed E-state index contributed by atoms with van der Waals surface area (Å²) in [5.74, 6) is 1.57. The largest absolute Gasteiger partial charge is 0.453 e. The Bertz CT molecular complexity index is 971. The van der Waals surface area contributed by atoms with Crippen LogP contribution in [0.15, 0.2) is 42.5 Å². The molecule has 0 saturated heterocycles. The van der Waals surface area contributed by atoms with E-state index < -0.39 is 0 Å². The smallest absolute Gasteiger partial charge is 0.231 e. The van der Waals surface area contributed by atoms with Gasteiger partial charge in [0.05, 0.1) is 26.2 Å². The minimum absolute atomic E-state index is 0.0578. The molecule has 1 unspecified atom stereocenters. The number of rotatable bonds is 6. The Balaban J connectivity index is 1.71.